The van der Waals surface area contributed by atoms with Crippen LogP contribution in [0.5, 0.6) is 0 Å². The molecule has 0 atom stereocenters. The minimum Gasteiger partial charge on any atom is -0.255 e. The number of fused-ring (bicyclic) bond motifs is 3. The van der Waals surface area contributed by atoms with Crippen LogP contribution in [-0.4, -0.2) is 24.6 Å². The maximum Gasteiger partial charge on any atom is 0.184 e. The standard InChI is InChI=1S/C15H9ClIN5/c1-8-13-20-21-14(10-7-9(17)4-5-11(10)16)22(13)15-12(19-8)3-2-6-18-15/h2-7H,1H3. The summed E-state index contributed by atoms with van der Waals surface area (Å²) in [6.07, 6.45) is 1.74. The monoisotopic (exact) mass is 421 g/mol. The number of hydrogen-bond donors (Lipinski definition) is 0. The molecule has 0 N–H and O–H groups in total. The minimum atomic E-state index is 0.633. The van der Waals surface area contributed by atoms with Crippen molar-refractivity contribution in [3.8, 4) is 11.4 Å². The molecule has 0 radical (unpaired) electrons. The average molecular weight is 422 g/mol. The number of aryl methyl sites for hydroxylation is 1. The molecule has 1 aromatic carbocycles. The molecule has 0 aliphatic heterocycles. The Bertz CT molecular complexity index is 1030. The SMILES string of the molecule is Cc1nc2cccnc2n2c(-c3cc(I)ccc3Cl)nnc12. The maximum absolute atomic E-state index is 6.36. The molecule has 0 spiro atoms. The lowest BCUT2D eigenvalue weighted by Gasteiger charge is -2.07. The van der Waals surface area contributed by atoms with Crippen molar-refractivity contribution in [1.29, 1.82) is 0 Å². The highest BCUT2D eigenvalue weighted by molar-refractivity contribution is 14.1. The van der Waals surface area contributed by atoms with Crippen LogP contribution in [0.1, 0.15) is 5.69 Å². The fourth-order valence-electron chi connectivity index (χ4n) is 2.44. The first-order valence-electron chi connectivity index (χ1n) is 6.57. The maximum atomic E-state index is 6.36. The second-order valence-corrected chi connectivity index (χ2v) is 6.50. The molecule has 0 bridgehead atoms. The number of aromatic nitrogens is 5. The van der Waals surface area contributed by atoms with Crippen LogP contribution in [0.25, 0.3) is 28.2 Å². The Labute approximate surface area is 144 Å². The highest BCUT2D eigenvalue weighted by Crippen LogP contribution is 2.30. The zero-order valence-electron chi connectivity index (χ0n) is 11.5. The molecule has 3 heterocycles. The van der Waals surface area contributed by atoms with Crippen LogP contribution in [0, 0.1) is 10.5 Å². The van der Waals surface area contributed by atoms with Gasteiger partial charge in [-0.2, -0.15) is 0 Å². The normalized spacial score (nSPS) is 11.4. The second kappa shape index (κ2) is 5.13. The zero-order valence-corrected chi connectivity index (χ0v) is 14.4. The zero-order chi connectivity index (χ0) is 15.3. The first-order valence-corrected chi connectivity index (χ1v) is 8.03. The van der Waals surface area contributed by atoms with E-state index in [-0.39, 0.29) is 0 Å². The van der Waals surface area contributed by atoms with Gasteiger partial charge in [0.1, 0.15) is 5.52 Å². The van der Waals surface area contributed by atoms with E-state index in [2.05, 4.69) is 42.8 Å². The van der Waals surface area contributed by atoms with Crippen molar-refractivity contribution in [2.75, 3.05) is 0 Å². The summed E-state index contributed by atoms with van der Waals surface area (Å²) in [5.74, 6) is 0.674. The topological polar surface area (TPSA) is 56.0 Å². The Balaban J connectivity index is 2.18. The predicted molar refractivity (Wildman–Crippen MR) is 94.0 cm³/mol. The lowest BCUT2D eigenvalue weighted by atomic mass is 10.2. The van der Waals surface area contributed by atoms with Crippen molar-refractivity contribution >= 4 is 51.0 Å². The molecule has 0 aliphatic rings. The van der Waals surface area contributed by atoms with Gasteiger partial charge >= 0.3 is 0 Å². The Kier molecular flexibility index (Phi) is 3.23. The van der Waals surface area contributed by atoms with Gasteiger partial charge in [0.2, 0.25) is 0 Å². The summed E-state index contributed by atoms with van der Waals surface area (Å²) in [5.41, 5.74) is 3.85. The van der Waals surface area contributed by atoms with E-state index in [1.54, 1.807) is 6.20 Å². The predicted octanol–water partition coefficient (Wildman–Crippen LogP) is 3.91. The second-order valence-electron chi connectivity index (χ2n) is 4.85. The van der Waals surface area contributed by atoms with Gasteiger partial charge in [0, 0.05) is 15.3 Å². The molecule has 0 saturated carbocycles. The summed E-state index contributed by atoms with van der Waals surface area (Å²) in [6.45, 7) is 1.91. The molecule has 0 unspecified atom stereocenters. The lowest BCUT2D eigenvalue weighted by Crippen LogP contribution is -1.99. The van der Waals surface area contributed by atoms with Gasteiger partial charge in [-0.1, -0.05) is 11.6 Å². The molecule has 5 nitrogen and oxygen atoms in total. The van der Waals surface area contributed by atoms with Gasteiger partial charge in [0.25, 0.3) is 0 Å². The van der Waals surface area contributed by atoms with Gasteiger partial charge in [-0.15, -0.1) is 10.2 Å². The minimum absolute atomic E-state index is 0.633. The van der Waals surface area contributed by atoms with E-state index in [4.69, 9.17) is 11.6 Å². The summed E-state index contributed by atoms with van der Waals surface area (Å²) in [5, 5.41) is 9.22. The van der Waals surface area contributed by atoms with Crippen LogP contribution in [0.15, 0.2) is 36.5 Å². The molecule has 22 heavy (non-hydrogen) atoms. The fourth-order valence-corrected chi connectivity index (χ4v) is 3.13. The van der Waals surface area contributed by atoms with Crippen molar-refractivity contribution in [2.45, 2.75) is 6.92 Å². The Hall–Kier alpha value is -1.80. The van der Waals surface area contributed by atoms with E-state index in [0.29, 0.717) is 16.5 Å². The lowest BCUT2D eigenvalue weighted by molar-refractivity contribution is 1.11. The summed E-state index contributed by atoms with van der Waals surface area (Å²) < 4.78 is 2.99. The van der Waals surface area contributed by atoms with Crippen molar-refractivity contribution < 1.29 is 0 Å². The number of hydrogen-bond acceptors (Lipinski definition) is 4. The van der Waals surface area contributed by atoms with Gasteiger partial charge < -0.3 is 0 Å². The first-order chi connectivity index (χ1) is 10.6. The van der Waals surface area contributed by atoms with Crippen LogP contribution < -0.4 is 0 Å². The van der Waals surface area contributed by atoms with Crippen molar-refractivity contribution in [3.05, 3.63) is 50.8 Å². The molecular formula is C15H9ClIN5. The number of halogens is 2. The largest absolute Gasteiger partial charge is 0.255 e. The van der Waals surface area contributed by atoms with Gasteiger partial charge in [-0.25, -0.2) is 9.97 Å². The van der Waals surface area contributed by atoms with Crippen LogP contribution in [0.4, 0.5) is 0 Å². The third-order valence-corrected chi connectivity index (χ3v) is 4.42. The molecule has 0 aliphatic carbocycles. The molecule has 4 aromatic rings. The van der Waals surface area contributed by atoms with Crippen molar-refractivity contribution in [2.24, 2.45) is 0 Å². The Morgan fingerprint density at radius 1 is 1.14 bits per heavy atom. The Morgan fingerprint density at radius 2 is 2.00 bits per heavy atom. The summed E-state index contributed by atoms with van der Waals surface area (Å²) in [7, 11) is 0. The number of benzene rings is 1. The molecule has 7 heteroatoms. The van der Waals surface area contributed by atoms with Crippen LogP contribution in [0.3, 0.4) is 0 Å². The molecule has 0 amide bonds. The highest BCUT2D eigenvalue weighted by Gasteiger charge is 2.17. The van der Waals surface area contributed by atoms with Crippen LogP contribution in [0.2, 0.25) is 5.02 Å². The van der Waals surface area contributed by atoms with Crippen LogP contribution >= 0.6 is 34.2 Å². The van der Waals surface area contributed by atoms with E-state index in [0.717, 1.165) is 26.0 Å². The Morgan fingerprint density at radius 3 is 2.86 bits per heavy atom. The molecule has 108 valence electrons. The third-order valence-electron chi connectivity index (χ3n) is 3.42. The quantitative estimate of drug-likeness (QED) is 0.437. The smallest absolute Gasteiger partial charge is 0.184 e. The van der Waals surface area contributed by atoms with Gasteiger partial charge in [0.15, 0.2) is 17.1 Å². The first kappa shape index (κ1) is 13.8. The summed E-state index contributed by atoms with van der Waals surface area (Å²) >= 11 is 8.61. The van der Waals surface area contributed by atoms with E-state index < -0.39 is 0 Å². The molecule has 0 fully saturated rings. The molecule has 0 saturated heterocycles. The van der Waals surface area contributed by atoms with E-state index in [1.807, 2.05) is 41.7 Å². The van der Waals surface area contributed by atoms with Gasteiger partial charge in [0.05, 0.1) is 10.7 Å². The van der Waals surface area contributed by atoms with E-state index in [9.17, 15) is 0 Å². The van der Waals surface area contributed by atoms with Crippen LogP contribution in [-0.2, 0) is 0 Å². The molecule has 4 rings (SSSR count). The van der Waals surface area contributed by atoms with Crippen molar-refractivity contribution in [1.82, 2.24) is 24.6 Å². The van der Waals surface area contributed by atoms with Crippen molar-refractivity contribution in [3.63, 3.8) is 0 Å². The fraction of sp³-hybridized carbons (Fsp3) is 0.0667. The molecule has 3 aromatic heterocycles. The number of rotatable bonds is 1. The van der Waals surface area contributed by atoms with Gasteiger partial charge in [-0.05, 0) is 59.8 Å². The van der Waals surface area contributed by atoms with Gasteiger partial charge in [-0.3, -0.25) is 4.40 Å². The number of pyridine rings is 1. The summed E-state index contributed by atoms with van der Waals surface area (Å²) in [6, 6.07) is 9.60. The third kappa shape index (κ3) is 2.05. The van der Waals surface area contributed by atoms with E-state index in [1.165, 1.54) is 0 Å². The summed E-state index contributed by atoms with van der Waals surface area (Å²) in [4.78, 5) is 8.97. The highest BCUT2D eigenvalue weighted by atomic mass is 127. The van der Waals surface area contributed by atoms with E-state index >= 15 is 0 Å². The molecular weight excluding hydrogens is 413 g/mol. The number of nitrogens with zero attached hydrogens (tertiary/aromatic N) is 5. The average Bonchev–Trinajstić information content (AvgIpc) is 2.95.